The molecule has 3 heterocycles. The first kappa shape index (κ1) is 21.3. The predicted molar refractivity (Wildman–Crippen MR) is 122 cm³/mol. The highest BCUT2D eigenvalue weighted by atomic mass is 32.1. The fraction of sp³-hybridized carbons (Fsp3) is 0.130. The number of benzene rings is 1. The van der Waals surface area contributed by atoms with Crippen molar-refractivity contribution < 1.29 is 19.1 Å². The standard InChI is InChI=1S/C23H20N4O4S/c1-3-31-23(29)20-18(15-5-8-17(30-2)9-6-15)14-32-22(20)26-21(28)16-7-10-19(24-13-16)27-12-4-11-25-27/h4-14H,3H2,1-2H3,(H,26,28). The van der Waals surface area contributed by atoms with E-state index in [4.69, 9.17) is 9.47 Å². The van der Waals surface area contributed by atoms with E-state index in [2.05, 4.69) is 15.4 Å². The number of nitrogens with zero attached hydrogens (tertiary/aromatic N) is 3. The van der Waals surface area contributed by atoms with E-state index in [1.165, 1.54) is 17.5 Å². The van der Waals surface area contributed by atoms with Gasteiger partial charge in [0, 0.05) is 29.5 Å². The average molecular weight is 449 g/mol. The summed E-state index contributed by atoms with van der Waals surface area (Å²) < 4.78 is 12.0. The molecule has 0 aliphatic heterocycles. The minimum Gasteiger partial charge on any atom is -0.497 e. The number of esters is 1. The molecular weight excluding hydrogens is 428 g/mol. The van der Waals surface area contributed by atoms with Gasteiger partial charge in [0.15, 0.2) is 5.82 Å². The van der Waals surface area contributed by atoms with Crippen molar-refractivity contribution >= 4 is 28.2 Å². The number of thiophene rings is 1. The molecule has 1 aromatic carbocycles. The van der Waals surface area contributed by atoms with Crippen LogP contribution in [-0.2, 0) is 4.74 Å². The first-order valence-electron chi connectivity index (χ1n) is 9.81. The molecule has 0 aliphatic rings. The Labute approximate surface area is 188 Å². The fourth-order valence-electron chi connectivity index (χ4n) is 3.07. The summed E-state index contributed by atoms with van der Waals surface area (Å²) in [6.45, 7) is 1.96. The number of carbonyl (C=O) groups excluding carboxylic acids is 2. The Bertz CT molecular complexity index is 1220. The molecule has 0 saturated carbocycles. The number of hydrogen-bond acceptors (Lipinski definition) is 7. The van der Waals surface area contributed by atoms with Crippen molar-refractivity contribution in [2.24, 2.45) is 0 Å². The molecular formula is C23H20N4O4S. The normalized spacial score (nSPS) is 10.6. The topological polar surface area (TPSA) is 95.3 Å². The summed E-state index contributed by atoms with van der Waals surface area (Å²) in [6, 6.07) is 12.5. The van der Waals surface area contributed by atoms with Crippen LogP contribution >= 0.6 is 11.3 Å². The largest absolute Gasteiger partial charge is 0.497 e. The highest BCUT2D eigenvalue weighted by molar-refractivity contribution is 7.15. The lowest BCUT2D eigenvalue weighted by atomic mass is 10.0. The van der Waals surface area contributed by atoms with Crippen LogP contribution in [0.4, 0.5) is 5.00 Å². The SMILES string of the molecule is CCOC(=O)c1c(-c2ccc(OC)cc2)csc1NC(=O)c1ccc(-n2cccn2)nc1. The highest BCUT2D eigenvalue weighted by Crippen LogP contribution is 2.37. The fourth-order valence-corrected chi connectivity index (χ4v) is 4.03. The monoisotopic (exact) mass is 448 g/mol. The van der Waals surface area contributed by atoms with Gasteiger partial charge in [-0.15, -0.1) is 11.3 Å². The zero-order valence-corrected chi connectivity index (χ0v) is 18.3. The van der Waals surface area contributed by atoms with E-state index in [1.807, 2.05) is 29.6 Å². The van der Waals surface area contributed by atoms with Gasteiger partial charge >= 0.3 is 5.97 Å². The Morgan fingerprint density at radius 2 is 1.97 bits per heavy atom. The van der Waals surface area contributed by atoms with Gasteiger partial charge in [0.2, 0.25) is 0 Å². The van der Waals surface area contributed by atoms with E-state index in [1.54, 1.807) is 49.3 Å². The molecule has 3 aromatic heterocycles. The Hall–Kier alpha value is -3.98. The van der Waals surface area contributed by atoms with Gasteiger partial charge in [0.25, 0.3) is 5.91 Å². The molecule has 0 saturated heterocycles. The molecule has 1 N–H and O–H groups in total. The predicted octanol–water partition coefficient (Wildman–Crippen LogP) is 4.43. The number of rotatable bonds is 7. The summed E-state index contributed by atoms with van der Waals surface area (Å²) >= 11 is 1.26. The lowest BCUT2D eigenvalue weighted by Gasteiger charge is -2.09. The van der Waals surface area contributed by atoms with Crippen LogP contribution in [0.25, 0.3) is 16.9 Å². The van der Waals surface area contributed by atoms with Crippen molar-refractivity contribution in [1.82, 2.24) is 14.8 Å². The van der Waals surface area contributed by atoms with Gasteiger partial charge in [0.05, 0.1) is 19.3 Å². The molecule has 0 aliphatic carbocycles. The maximum Gasteiger partial charge on any atom is 0.341 e. The van der Waals surface area contributed by atoms with Crippen LogP contribution in [0.15, 0.2) is 66.4 Å². The van der Waals surface area contributed by atoms with Crippen LogP contribution < -0.4 is 10.1 Å². The van der Waals surface area contributed by atoms with Crippen molar-refractivity contribution in [2.75, 3.05) is 19.0 Å². The minimum atomic E-state index is -0.498. The third-order valence-electron chi connectivity index (χ3n) is 4.65. The summed E-state index contributed by atoms with van der Waals surface area (Å²) in [5.41, 5.74) is 2.17. The van der Waals surface area contributed by atoms with E-state index >= 15 is 0 Å². The summed E-state index contributed by atoms with van der Waals surface area (Å²) in [5, 5.41) is 9.17. The number of ether oxygens (including phenoxy) is 2. The van der Waals surface area contributed by atoms with Crippen molar-refractivity contribution in [3.05, 3.63) is 77.6 Å². The van der Waals surface area contributed by atoms with Gasteiger partial charge in [-0.1, -0.05) is 12.1 Å². The Morgan fingerprint density at radius 3 is 2.59 bits per heavy atom. The van der Waals surface area contributed by atoms with Crippen LogP contribution in [0, 0.1) is 0 Å². The number of hydrogen-bond donors (Lipinski definition) is 1. The van der Waals surface area contributed by atoms with Crippen molar-refractivity contribution in [3.63, 3.8) is 0 Å². The van der Waals surface area contributed by atoms with Crippen LogP contribution in [0.1, 0.15) is 27.6 Å². The van der Waals surface area contributed by atoms with Gasteiger partial charge in [-0.2, -0.15) is 5.10 Å². The summed E-state index contributed by atoms with van der Waals surface area (Å²) in [5.74, 6) is 0.429. The van der Waals surface area contributed by atoms with Gasteiger partial charge in [-0.05, 0) is 42.8 Å². The highest BCUT2D eigenvalue weighted by Gasteiger charge is 2.23. The molecule has 162 valence electrons. The average Bonchev–Trinajstić information content (AvgIpc) is 3.50. The lowest BCUT2D eigenvalue weighted by Crippen LogP contribution is -2.15. The second kappa shape index (κ2) is 9.44. The van der Waals surface area contributed by atoms with E-state index < -0.39 is 5.97 Å². The number of methoxy groups -OCH3 is 1. The van der Waals surface area contributed by atoms with E-state index in [0.29, 0.717) is 33.3 Å². The van der Waals surface area contributed by atoms with Gasteiger partial charge in [-0.3, -0.25) is 4.79 Å². The first-order valence-corrected chi connectivity index (χ1v) is 10.7. The molecule has 8 nitrogen and oxygen atoms in total. The number of nitrogens with one attached hydrogen (secondary N) is 1. The number of amides is 1. The second-order valence-corrected chi connectivity index (χ2v) is 7.49. The van der Waals surface area contributed by atoms with E-state index in [0.717, 1.165) is 5.56 Å². The van der Waals surface area contributed by atoms with Gasteiger partial charge in [0.1, 0.15) is 16.3 Å². The molecule has 0 spiro atoms. The lowest BCUT2D eigenvalue weighted by molar-refractivity contribution is 0.0529. The second-order valence-electron chi connectivity index (χ2n) is 6.61. The zero-order valence-electron chi connectivity index (χ0n) is 17.4. The molecule has 0 bridgehead atoms. The maximum atomic E-state index is 12.8. The number of pyridine rings is 1. The van der Waals surface area contributed by atoms with Gasteiger partial charge in [-0.25, -0.2) is 14.5 Å². The molecule has 0 unspecified atom stereocenters. The molecule has 0 radical (unpaired) electrons. The minimum absolute atomic E-state index is 0.225. The smallest absolute Gasteiger partial charge is 0.341 e. The summed E-state index contributed by atoms with van der Waals surface area (Å²) in [7, 11) is 1.59. The van der Waals surface area contributed by atoms with Crippen LogP contribution in [0.3, 0.4) is 0 Å². The zero-order chi connectivity index (χ0) is 22.5. The molecule has 4 aromatic rings. The number of carbonyl (C=O) groups is 2. The van der Waals surface area contributed by atoms with Crippen molar-refractivity contribution in [2.45, 2.75) is 6.92 Å². The van der Waals surface area contributed by atoms with Gasteiger partial charge < -0.3 is 14.8 Å². The Morgan fingerprint density at radius 1 is 1.16 bits per heavy atom. The van der Waals surface area contributed by atoms with E-state index in [-0.39, 0.29) is 12.5 Å². The number of aromatic nitrogens is 3. The summed E-state index contributed by atoms with van der Waals surface area (Å²) in [4.78, 5) is 29.8. The summed E-state index contributed by atoms with van der Waals surface area (Å²) in [6.07, 6.45) is 4.88. The molecule has 0 fully saturated rings. The van der Waals surface area contributed by atoms with Crippen LogP contribution in [0.5, 0.6) is 5.75 Å². The third kappa shape index (κ3) is 4.37. The molecule has 0 atom stereocenters. The van der Waals surface area contributed by atoms with Crippen LogP contribution in [0.2, 0.25) is 0 Å². The Kier molecular flexibility index (Phi) is 6.27. The number of anilines is 1. The quantitative estimate of drug-likeness (QED) is 0.420. The maximum absolute atomic E-state index is 12.8. The third-order valence-corrected chi connectivity index (χ3v) is 5.54. The van der Waals surface area contributed by atoms with Crippen molar-refractivity contribution in [1.29, 1.82) is 0 Å². The Balaban J connectivity index is 1.61. The molecule has 32 heavy (non-hydrogen) atoms. The van der Waals surface area contributed by atoms with E-state index in [9.17, 15) is 9.59 Å². The molecule has 4 rings (SSSR count). The van der Waals surface area contributed by atoms with Crippen LogP contribution in [-0.4, -0.2) is 40.4 Å². The van der Waals surface area contributed by atoms with Crippen molar-refractivity contribution in [3.8, 4) is 22.7 Å². The molecule has 9 heteroatoms. The molecule has 1 amide bonds. The first-order chi connectivity index (χ1) is 15.6.